The summed E-state index contributed by atoms with van der Waals surface area (Å²) in [7, 11) is 1.59. The van der Waals surface area contributed by atoms with Gasteiger partial charge in [-0.2, -0.15) is 0 Å². The van der Waals surface area contributed by atoms with E-state index in [2.05, 4.69) is 4.98 Å². The predicted molar refractivity (Wildman–Crippen MR) is 95.3 cm³/mol. The van der Waals surface area contributed by atoms with Gasteiger partial charge in [0, 0.05) is 11.3 Å². The Morgan fingerprint density at radius 1 is 1.38 bits per heavy atom. The van der Waals surface area contributed by atoms with Gasteiger partial charge in [-0.3, -0.25) is 9.59 Å². The minimum atomic E-state index is -0.588. The second-order valence-corrected chi connectivity index (χ2v) is 7.51. The quantitative estimate of drug-likeness (QED) is 0.899. The van der Waals surface area contributed by atoms with Crippen molar-refractivity contribution in [1.29, 1.82) is 0 Å². The highest BCUT2D eigenvalue weighted by atomic mass is 32.2. The molecule has 1 saturated heterocycles. The summed E-state index contributed by atoms with van der Waals surface area (Å²) in [4.78, 5) is 31.2. The number of nitrogens with two attached hydrogens (primary N) is 1. The van der Waals surface area contributed by atoms with Crippen LogP contribution in [0.4, 0.5) is 0 Å². The van der Waals surface area contributed by atoms with Gasteiger partial charge in [-0.25, -0.2) is 4.98 Å². The number of para-hydroxylation sites is 1. The number of nitrogens with zero attached hydrogens (tertiary/aromatic N) is 2. The monoisotopic (exact) mass is 363 g/mol. The molecule has 1 aliphatic heterocycles. The molecule has 1 aliphatic rings. The lowest BCUT2D eigenvalue weighted by molar-refractivity contribution is -0.121. The molecule has 6 nitrogen and oxygen atoms in total. The Balaban J connectivity index is 2.03. The lowest BCUT2D eigenvalue weighted by Crippen LogP contribution is -2.45. The van der Waals surface area contributed by atoms with Crippen molar-refractivity contribution >= 4 is 34.9 Å². The predicted octanol–water partition coefficient (Wildman–Crippen LogP) is 2.13. The molecule has 8 heteroatoms. The third-order valence-corrected chi connectivity index (χ3v) is 5.78. The molecular weight excluding hydrogens is 346 g/mol. The number of amides is 2. The molecule has 2 amide bonds. The molecule has 126 valence electrons. The number of rotatable bonds is 4. The number of carbonyl (C=O) groups is 2. The first-order valence-corrected chi connectivity index (χ1v) is 9.29. The summed E-state index contributed by atoms with van der Waals surface area (Å²) in [5.41, 5.74) is 6.58. The number of aryl methyl sites for hydroxylation is 1. The summed E-state index contributed by atoms with van der Waals surface area (Å²) in [5, 5.41) is 0.779. The topological polar surface area (TPSA) is 85.5 Å². The fourth-order valence-corrected chi connectivity index (χ4v) is 4.71. The summed E-state index contributed by atoms with van der Waals surface area (Å²) in [5.74, 6) is 0.883. The highest BCUT2D eigenvalue weighted by Gasteiger charge is 2.36. The van der Waals surface area contributed by atoms with E-state index in [0.717, 1.165) is 15.4 Å². The Bertz CT molecular complexity index is 791. The molecule has 1 aromatic carbocycles. The van der Waals surface area contributed by atoms with Gasteiger partial charge < -0.3 is 15.4 Å². The molecule has 2 heterocycles. The van der Waals surface area contributed by atoms with Gasteiger partial charge in [-0.1, -0.05) is 12.1 Å². The number of primary amides is 1. The van der Waals surface area contributed by atoms with Gasteiger partial charge in [0.2, 0.25) is 5.91 Å². The maximum Gasteiger partial charge on any atom is 0.275 e. The normalized spacial score (nSPS) is 17.1. The summed E-state index contributed by atoms with van der Waals surface area (Å²) >= 11 is 2.95. The summed E-state index contributed by atoms with van der Waals surface area (Å²) in [6.07, 6.45) is 0. The number of methoxy groups -OCH3 is 1. The number of aromatic nitrogens is 1. The summed E-state index contributed by atoms with van der Waals surface area (Å²) in [6, 6.07) is 6.91. The number of hydrogen-bond acceptors (Lipinski definition) is 6. The van der Waals surface area contributed by atoms with Crippen molar-refractivity contribution in [2.24, 2.45) is 5.73 Å². The van der Waals surface area contributed by atoms with Crippen LogP contribution < -0.4 is 10.5 Å². The van der Waals surface area contributed by atoms with Gasteiger partial charge in [0.1, 0.15) is 17.5 Å². The van der Waals surface area contributed by atoms with Crippen molar-refractivity contribution < 1.29 is 14.3 Å². The van der Waals surface area contributed by atoms with E-state index >= 15 is 0 Å². The van der Waals surface area contributed by atoms with Crippen LogP contribution in [0, 0.1) is 6.92 Å². The minimum Gasteiger partial charge on any atom is -0.496 e. The van der Waals surface area contributed by atoms with Crippen LogP contribution in [0.3, 0.4) is 0 Å². The second kappa shape index (κ2) is 6.82. The third-order valence-electron chi connectivity index (χ3n) is 3.76. The second-order valence-electron chi connectivity index (χ2n) is 5.30. The van der Waals surface area contributed by atoms with E-state index in [4.69, 9.17) is 10.5 Å². The maximum absolute atomic E-state index is 13.0. The van der Waals surface area contributed by atoms with Crippen LogP contribution in [-0.4, -0.2) is 46.5 Å². The van der Waals surface area contributed by atoms with Crippen LogP contribution in [0.2, 0.25) is 0 Å². The number of benzene rings is 1. The van der Waals surface area contributed by atoms with Gasteiger partial charge in [0.05, 0.1) is 22.9 Å². The Morgan fingerprint density at radius 2 is 2.12 bits per heavy atom. The zero-order chi connectivity index (χ0) is 17.3. The van der Waals surface area contributed by atoms with Crippen LogP contribution in [0.25, 0.3) is 10.4 Å². The molecule has 3 rings (SSSR count). The number of carbonyl (C=O) groups excluding carboxylic acids is 2. The average molecular weight is 363 g/mol. The molecule has 0 bridgehead atoms. The van der Waals surface area contributed by atoms with E-state index in [1.165, 1.54) is 28.0 Å². The van der Waals surface area contributed by atoms with E-state index in [9.17, 15) is 9.59 Å². The average Bonchev–Trinajstić information content (AvgIpc) is 3.20. The molecule has 1 aromatic heterocycles. The number of ether oxygens (including phenoxy) is 1. The minimum absolute atomic E-state index is 0.269. The smallest absolute Gasteiger partial charge is 0.275 e. The number of thioether (sulfide) groups is 1. The van der Waals surface area contributed by atoms with Crippen LogP contribution in [0.15, 0.2) is 24.3 Å². The Labute approximate surface area is 148 Å². The van der Waals surface area contributed by atoms with Gasteiger partial charge in [0.25, 0.3) is 5.91 Å². The van der Waals surface area contributed by atoms with Gasteiger partial charge in [-0.05, 0) is 19.1 Å². The molecule has 2 N–H and O–H groups in total. The molecule has 24 heavy (non-hydrogen) atoms. The molecule has 0 spiro atoms. The van der Waals surface area contributed by atoms with Crippen molar-refractivity contribution in [3.63, 3.8) is 0 Å². The lowest BCUT2D eigenvalue weighted by atomic mass is 10.1. The molecule has 0 aliphatic carbocycles. The SMILES string of the molecule is COc1ccccc1-c1sc(C)nc1C(=O)N1CSC[C@H]1C(N)=O. The highest BCUT2D eigenvalue weighted by Crippen LogP contribution is 2.37. The van der Waals surface area contributed by atoms with Crippen LogP contribution >= 0.6 is 23.1 Å². The van der Waals surface area contributed by atoms with E-state index in [1.54, 1.807) is 7.11 Å². The zero-order valence-electron chi connectivity index (χ0n) is 13.3. The highest BCUT2D eigenvalue weighted by molar-refractivity contribution is 7.99. The van der Waals surface area contributed by atoms with Crippen LogP contribution in [0.5, 0.6) is 5.75 Å². The lowest BCUT2D eigenvalue weighted by Gasteiger charge is -2.20. The Kier molecular flexibility index (Phi) is 4.77. The molecule has 1 atom stereocenters. The Morgan fingerprint density at radius 3 is 2.83 bits per heavy atom. The number of thiazole rings is 1. The van der Waals surface area contributed by atoms with E-state index in [1.807, 2.05) is 31.2 Å². The fourth-order valence-electron chi connectivity index (χ4n) is 2.60. The van der Waals surface area contributed by atoms with E-state index < -0.39 is 11.9 Å². The van der Waals surface area contributed by atoms with Crippen LogP contribution in [0.1, 0.15) is 15.5 Å². The molecule has 0 unspecified atom stereocenters. The van der Waals surface area contributed by atoms with E-state index in [-0.39, 0.29) is 5.91 Å². The summed E-state index contributed by atoms with van der Waals surface area (Å²) < 4.78 is 5.40. The van der Waals surface area contributed by atoms with Crippen molar-refractivity contribution in [2.45, 2.75) is 13.0 Å². The van der Waals surface area contributed by atoms with Crippen LogP contribution in [-0.2, 0) is 4.79 Å². The first kappa shape index (κ1) is 16.8. The fraction of sp³-hybridized carbons (Fsp3) is 0.312. The summed E-state index contributed by atoms with van der Waals surface area (Å²) in [6.45, 7) is 1.85. The van der Waals surface area contributed by atoms with E-state index in [0.29, 0.717) is 23.1 Å². The molecule has 0 saturated carbocycles. The molecule has 2 aromatic rings. The largest absolute Gasteiger partial charge is 0.496 e. The van der Waals surface area contributed by atoms with Crippen molar-refractivity contribution in [3.8, 4) is 16.2 Å². The van der Waals surface area contributed by atoms with Gasteiger partial charge in [0.15, 0.2) is 0 Å². The Hall–Kier alpha value is -2.06. The van der Waals surface area contributed by atoms with Crippen molar-refractivity contribution in [1.82, 2.24) is 9.88 Å². The van der Waals surface area contributed by atoms with Crippen molar-refractivity contribution in [2.75, 3.05) is 18.7 Å². The third kappa shape index (κ3) is 2.99. The maximum atomic E-state index is 13.0. The van der Waals surface area contributed by atoms with Gasteiger partial charge in [-0.15, -0.1) is 23.1 Å². The van der Waals surface area contributed by atoms with Crippen molar-refractivity contribution in [3.05, 3.63) is 35.0 Å². The van der Waals surface area contributed by atoms with Gasteiger partial charge >= 0.3 is 0 Å². The molecule has 0 radical (unpaired) electrons. The molecular formula is C16H17N3O3S2. The standard InChI is InChI=1S/C16H17N3O3S2/c1-9-18-13(16(21)19-8-23-7-11(19)15(17)20)14(24-9)10-5-3-4-6-12(10)22-2/h3-6,11H,7-8H2,1-2H3,(H2,17,20)/t11-/m0/s1. The first-order chi connectivity index (χ1) is 11.5. The number of hydrogen-bond donors (Lipinski definition) is 1. The first-order valence-electron chi connectivity index (χ1n) is 7.31. The molecule has 1 fully saturated rings. The zero-order valence-corrected chi connectivity index (χ0v) is 14.9.